The van der Waals surface area contributed by atoms with E-state index in [9.17, 15) is 14.4 Å². The van der Waals surface area contributed by atoms with E-state index in [1.54, 1.807) is 36.4 Å². The van der Waals surface area contributed by atoms with E-state index < -0.39 is 23.8 Å². The lowest BCUT2D eigenvalue weighted by molar-refractivity contribution is -0.131. The van der Waals surface area contributed by atoms with E-state index in [4.69, 9.17) is 23.2 Å². The number of nitrogens with one attached hydrogen (secondary N) is 1. The fourth-order valence-electron chi connectivity index (χ4n) is 2.24. The number of amides is 4. The van der Waals surface area contributed by atoms with Gasteiger partial charge in [0.2, 0.25) is 5.91 Å². The molecule has 0 bridgehead atoms. The zero-order chi connectivity index (χ0) is 18.0. The molecule has 0 unspecified atom stereocenters. The quantitative estimate of drug-likeness (QED) is 0.657. The van der Waals surface area contributed by atoms with Gasteiger partial charge in [0.1, 0.15) is 0 Å². The van der Waals surface area contributed by atoms with Crippen LogP contribution in [0.15, 0.2) is 53.5 Å². The standard InChI is InChI=1S/C17H11Cl2N3O3/c18-10-1-5-12(6-2-10)20-9-14-15(23)21-17(25)22(16(14)24)13-7-3-11(19)4-8-13/h1-9,14H,(H,21,23,25)/t14-/m0/s1. The van der Waals surface area contributed by atoms with E-state index in [1.165, 1.54) is 18.3 Å². The molecule has 2 aromatic rings. The van der Waals surface area contributed by atoms with Gasteiger partial charge >= 0.3 is 6.03 Å². The minimum Gasteiger partial charge on any atom is -0.276 e. The Morgan fingerprint density at radius 1 is 0.920 bits per heavy atom. The number of hydrogen-bond acceptors (Lipinski definition) is 4. The van der Waals surface area contributed by atoms with Crippen molar-refractivity contribution in [2.45, 2.75) is 0 Å². The first kappa shape index (κ1) is 17.1. The summed E-state index contributed by atoms with van der Waals surface area (Å²) in [5, 5.41) is 3.16. The molecule has 1 aliphatic rings. The fourth-order valence-corrected chi connectivity index (χ4v) is 2.50. The van der Waals surface area contributed by atoms with E-state index in [2.05, 4.69) is 10.3 Å². The van der Waals surface area contributed by atoms with Crippen LogP contribution < -0.4 is 10.2 Å². The molecule has 126 valence electrons. The molecule has 1 aliphatic heterocycles. The van der Waals surface area contributed by atoms with Crippen LogP contribution in [0.4, 0.5) is 16.2 Å². The first-order chi connectivity index (χ1) is 12.0. The Balaban J connectivity index is 1.87. The largest absolute Gasteiger partial charge is 0.335 e. The van der Waals surface area contributed by atoms with Crippen LogP contribution >= 0.6 is 23.2 Å². The van der Waals surface area contributed by atoms with E-state index in [0.717, 1.165) is 4.90 Å². The predicted molar refractivity (Wildman–Crippen MR) is 95.6 cm³/mol. The van der Waals surface area contributed by atoms with Crippen molar-refractivity contribution >= 4 is 58.6 Å². The third-order valence-electron chi connectivity index (χ3n) is 3.49. The molecule has 1 fully saturated rings. The summed E-state index contributed by atoms with van der Waals surface area (Å²) in [4.78, 5) is 41.7. The molecule has 25 heavy (non-hydrogen) atoms. The summed E-state index contributed by atoms with van der Waals surface area (Å²) in [6.07, 6.45) is 1.20. The van der Waals surface area contributed by atoms with Crippen LogP contribution in [0.25, 0.3) is 0 Å². The summed E-state index contributed by atoms with van der Waals surface area (Å²) in [7, 11) is 0. The lowest BCUT2D eigenvalue weighted by Gasteiger charge is -2.28. The molecule has 0 saturated carbocycles. The van der Waals surface area contributed by atoms with Crippen LogP contribution in [-0.4, -0.2) is 24.1 Å². The van der Waals surface area contributed by atoms with Crippen molar-refractivity contribution in [2.24, 2.45) is 10.9 Å². The molecule has 1 N–H and O–H groups in total. The number of barbiturate groups is 1. The average Bonchev–Trinajstić information content (AvgIpc) is 2.57. The number of anilines is 1. The lowest BCUT2D eigenvalue weighted by Crippen LogP contribution is -2.58. The van der Waals surface area contributed by atoms with Crippen molar-refractivity contribution in [3.05, 3.63) is 58.6 Å². The van der Waals surface area contributed by atoms with Crippen molar-refractivity contribution in [3.63, 3.8) is 0 Å². The number of hydrogen-bond donors (Lipinski definition) is 1. The Morgan fingerprint density at radius 2 is 1.48 bits per heavy atom. The highest BCUT2D eigenvalue weighted by molar-refractivity contribution is 6.33. The molecule has 1 heterocycles. The molecule has 6 nitrogen and oxygen atoms in total. The van der Waals surface area contributed by atoms with Gasteiger partial charge in [0, 0.05) is 16.3 Å². The lowest BCUT2D eigenvalue weighted by atomic mass is 10.1. The van der Waals surface area contributed by atoms with Crippen molar-refractivity contribution in [2.75, 3.05) is 4.90 Å². The molecule has 8 heteroatoms. The summed E-state index contributed by atoms with van der Waals surface area (Å²) in [6, 6.07) is 11.9. The van der Waals surface area contributed by atoms with Gasteiger partial charge in [-0.25, -0.2) is 9.69 Å². The van der Waals surface area contributed by atoms with Crippen molar-refractivity contribution in [1.82, 2.24) is 5.32 Å². The number of halogens is 2. The summed E-state index contributed by atoms with van der Waals surface area (Å²) < 4.78 is 0. The first-order valence-electron chi connectivity index (χ1n) is 7.20. The Kier molecular flexibility index (Phi) is 4.83. The molecular formula is C17H11Cl2N3O3. The highest BCUT2D eigenvalue weighted by Gasteiger charge is 2.40. The number of imide groups is 2. The smallest absolute Gasteiger partial charge is 0.276 e. The molecule has 3 rings (SSSR count). The monoisotopic (exact) mass is 375 g/mol. The summed E-state index contributed by atoms with van der Waals surface area (Å²) in [5.41, 5.74) is 0.837. The van der Waals surface area contributed by atoms with Crippen molar-refractivity contribution in [1.29, 1.82) is 0 Å². The Morgan fingerprint density at radius 3 is 2.08 bits per heavy atom. The Hall–Kier alpha value is -2.70. The molecule has 1 saturated heterocycles. The highest BCUT2D eigenvalue weighted by atomic mass is 35.5. The van der Waals surface area contributed by atoms with Gasteiger partial charge in [-0.15, -0.1) is 0 Å². The van der Waals surface area contributed by atoms with Crippen molar-refractivity contribution < 1.29 is 14.4 Å². The van der Waals surface area contributed by atoms with Crippen LogP contribution in [0.3, 0.4) is 0 Å². The van der Waals surface area contributed by atoms with Gasteiger partial charge in [0.15, 0.2) is 5.92 Å². The number of aliphatic imine (C=N–C) groups is 1. The van der Waals surface area contributed by atoms with Crippen LogP contribution in [0.1, 0.15) is 0 Å². The average molecular weight is 376 g/mol. The van der Waals surface area contributed by atoms with Gasteiger partial charge in [-0.3, -0.25) is 19.9 Å². The number of rotatable bonds is 3. The molecule has 4 amide bonds. The Labute approximate surface area is 153 Å². The van der Waals surface area contributed by atoms with E-state index in [-0.39, 0.29) is 0 Å². The number of carbonyl (C=O) groups excluding carboxylic acids is 3. The van der Waals surface area contributed by atoms with Gasteiger partial charge < -0.3 is 0 Å². The van der Waals surface area contributed by atoms with Gasteiger partial charge in [0.05, 0.1) is 11.4 Å². The summed E-state index contributed by atoms with van der Waals surface area (Å²) in [5.74, 6) is -2.63. The second-order valence-corrected chi connectivity index (χ2v) is 6.05. The van der Waals surface area contributed by atoms with E-state index >= 15 is 0 Å². The summed E-state index contributed by atoms with van der Waals surface area (Å²) in [6.45, 7) is 0. The predicted octanol–water partition coefficient (Wildman–Crippen LogP) is 3.59. The normalized spacial score (nSPS) is 17.9. The second kappa shape index (κ2) is 7.04. The van der Waals surface area contributed by atoms with E-state index in [1.807, 2.05) is 0 Å². The topological polar surface area (TPSA) is 78.8 Å². The van der Waals surface area contributed by atoms with Crippen LogP contribution in [0.5, 0.6) is 0 Å². The highest BCUT2D eigenvalue weighted by Crippen LogP contribution is 2.23. The van der Waals surface area contributed by atoms with Crippen LogP contribution in [0, 0.1) is 5.92 Å². The molecule has 2 aromatic carbocycles. The summed E-state index contributed by atoms with van der Waals surface area (Å²) >= 11 is 11.6. The fraction of sp³-hybridized carbons (Fsp3) is 0.0588. The number of urea groups is 1. The Bertz CT molecular complexity index is 864. The van der Waals surface area contributed by atoms with Gasteiger partial charge in [-0.2, -0.15) is 0 Å². The maximum atomic E-state index is 12.6. The SMILES string of the molecule is O=C1NC(=O)N(c2ccc(Cl)cc2)C(=O)[C@H]1C=Nc1ccc(Cl)cc1. The number of benzene rings is 2. The minimum atomic E-state index is -1.22. The molecular weight excluding hydrogens is 365 g/mol. The van der Waals surface area contributed by atoms with Gasteiger partial charge in [-0.05, 0) is 48.5 Å². The van der Waals surface area contributed by atoms with Crippen LogP contribution in [-0.2, 0) is 9.59 Å². The zero-order valence-electron chi connectivity index (χ0n) is 12.6. The van der Waals surface area contributed by atoms with Gasteiger partial charge in [0.25, 0.3) is 5.91 Å². The third kappa shape index (κ3) is 3.70. The maximum absolute atomic E-state index is 12.6. The van der Waals surface area contributed by atoms with Crippen molar-refractivity contribution in [3.8, 4) is 0 Å². The molecule has 0 aromatic heterocycles. The third-order valence-corrected chi connectivity index (χ3v) is 3.99. The molecule has 1 atom stereocenters. The maximum Gasteiger partial charge on any atom is 0.335 e. The first-order valence-corrected chi connectivity index (χ1v) is 7.95. The van der Waals surface area contributed by atoms with E-state index in [0.29, 0.717) is 21.4 Å². The molecule has 0 aliphatic carbocycles. The molecule has 0 spiro atoms. The molecule has 0 radical (unpaired) electrons. The number of nitrogens with zero attached hydrogens (tertiary/aromatic N) is 2. The van der Waals surface area contributed by atoms with Gasteiger partial charge in [-0.1, -0.05) is 23.2 Å². The zero-order valence-corrected chi connectivity index (χ0v) is 14.2. The second-order valence-electron chi connectivity index (χ2n) is 5.18. The number of carbonyl (C=O) groups is 3. The van der Waals surface area contributed by atoms with Crippen LogP contribution in [0.2, 0.25) is 10.0 Å². The minimum absolute atomic E-state index is 0.310.